The van der Waals surface area contributed by atoms with E-state index in [2.05, 4.69) is 5.32 Å². The number of carboxylic acid groups (broad SMARTS) is 1. The lowest BCUT2D eigenvalue weighted by Gasteiger charge is -2.25. The molecule has 0 heterocycles. The topological polar surface area (TPSA) is 49.3 Å². The predicted octanol–water partition coefficient (Wildman–Crippen LogP) is 5.00. The van der Waals surface area contributed by atoms with Crippen molar-refractivity contribution in [3.63, 3.8) is 0 Å². The van der Waals surface area contributed by atoms with Crippen LogP contribution in [0.25, 0.3) is 0 Å². The summed E-state index contributed by atoms with van der Waals surface area (Å²) in [4.78, 5) is 11.3. The molecule has 2 N–H and O–H groups in total. The lowest BCUT2D eigenvalue weighted by Crippen LogP contribution is -2.23. The Bertz CT molecular complexity index is 511. The van der Waals surface area contributed by atoms with Crippen molar-refractivity contribution in [1.29, 1.82) is 0 Å². The molecule has 3 nitrogen and oxygen atoms in total. The van der Waals surface area contributed by atoms with Crippen LogP contribution in [0, 0.1) is 0 Å². The van der Waals surface area contributed by atoms with Crippen LogP contribution in [0.1, 0.15) is 54.9 Å². The maximum Gasteiger partial charge on any atom is 0.337 e. The highest BCUT2D eigenvalue weighted by Crippen LogP contribution is 2.36. The lowest BCUT2D eigenvalue weighted by atomic mass is 9.95. The fourth-order valence-corrected chi connectivity index (χ4v) is 3.48. The minimum atomic E-state index is -1.02. The van der Waals surface area contributed by atoms with Crippen LogP contribution >= 0.6 is 23.2 Å². The quantitative estimate of drug-likeness (QED) is 0.822. The second kappa shape index (κ2) is 6.68. The fraction of sp³-hybridized carbons (Fsp3) is 0.533. The van der Waals surface area contributed by atoms with E-state index in [0.29, 0.717) is 28.7 Å². The Morgan fingerprint density at radius 2 is 1.95 bits per heavy atom. The number of carbonyl (C=O) groups is 1. The average molecular weight is 316 g/mol. The van der Waals surface area contributed by atoms with Crippen LogP contribution in [0.5, 0.6) is 0 Å². The molecular weight excluding hydrogens is 297 g/mol. The van der Waals surface area contributed by atoms with Gasteiger partial charge in [0, 0.05) is 6.04 Å². The minimum absolute atomic E-state index is 0.117. The predicted molar refractivity (Wildman–Crippen MR) is 83.3 cm³/mol. The van der Waals surface area contributed by atoms with Gasteiger partial charge in [-0.25, -0.2) is 4.79 Å². The first-order valence-corrected chi connectivity index (χ1v) is 7.80. The van der Waals surface area contributed by atoms with Crippen molar-refractivity contribution in [2.75, 3.05) is 5.32 Å². The van der Waals surface area contributed by atoms with Crippen LogP contribution in [0.15, 0.2) is 6.07 Å². The fourth-order valence-electron chi connectivity index (χ4n) is 2.73. The van der Waals surface area contributed by atoms with E-state index >= 15 is 0 Å². The van der Waals surface area contributed by atoms with Crippen molar-refractivity contribution in [3.8, 4) is 0 Å². The van der Waals surface area contributed by atoms with Crippen LogP contribution in [-0.4, -0.2) is 17.1 Å². The summed E-state index contributed by atoms with van der Waals surface area (Å²) in [5.74, 6) is -1.02. The SMILES string of the molecule is CCc1c(Cl)c(NC2CCCCC2)cc(C(=O)O)c1Cl. The van der Waals surface area contributed by atoms with Gasteiger partial charge in [-0.3, -0.25) is 0 Å². The number of nitrogens with one attached hydrogen (secondary N) is 1. The molecule has 110 valence electrons. The van der Waals surface area contributed by atoms with E-state index in [1.54, 1.807) is 6.07 Å². The number of hydrogen-bond acceptors (Lipinski definition) is 2. The van der Waals surface area contributed by atoms with Gasteiger partial charge >= 0.3 is 5.97 Å². The summed E-state index contributed by atoms with van der Waals surface area (Å²) in [6.45, 7) is 1.92. The first kappa shape index (κ1) is 15.5. The summed E-state index contributed by atoms with van der Waals surface area (Å²) in [7, 11) is 0. The third-order valence-electron chi connectivity index (χ3n) is 3.84. The highest BCUT2D eigenvalue weighted by molar-refractivity contribution is 6.39. The van der Waals surface area contributed by atoms with Gasteiger partial charge in [-0.15, -0.1) is 0 Å². The lowest BCUT2D eigenvalue weighted by molar-refractivity contribution is 0.0697. The van der Waals surface area contributed by atoms with E-state index in [1.807, 2.05) is 6.92 Å². The number of carboxylic acids is 1. The minimum Gasteiger partial charge on any atom is -0.478 e. The molecule has 1 aliphatic rings. The van der Waals surface area contributed by atoms with Gasteiger partial charge in [-0.1, -0.05) is 49.4 Å². The van der Waals surface area contributed by atoms with E-state index in [-0.39, 0.29) is 10.6 Å². The van der Waals surface area contributed by atoms with Crippen molar-refractivity contribution >= 4 is 34.9 Å². The molecule has 0 unspecified atom stereocenters. The molecule has 0 saturated heterocycles. The van der Waals surface area contributed by atoms with Gasteiger partial charge in [0.1, 0.15) is 0 Å². The number of benzene rings is 1. The number of hydrogen-bond donors (Lipinski definition) is 2. The van der Waals surface area contributed by atoms with Crippen LogP contribution in [-0.2, 0) is 6.42 Å². The van der Waals surface area contributed by atoms with Crippen molar-refractivity contribution in [2.45, 2.75) is 51.5 Å². The molecule has 0 atom stereocenters. The van der Waals surface area contributed by atoms with Crippen molar-refractivity contribution in [1.82, 2.24) is 0 Å². The summed E-state index contributed by atoms with van der Waals surface area (Å²) in [5.41, 5.74) is 1.51. The monoisotopic (exact) mass is 315 g/mol. The summed E-state index contributed by atoms with van der Waals surface area (Å²) >= 11 is 12.5. The molecule has 0 radical (unpaired) electrons. The number of rotatable bonds is 4. The third-order valence-corrected chi connectivity index (χ3v) is 4.70. The zero-order chi connectivity index (χ0) is 14.7. The van der Waals surface area contributed by atoms with E-state index in [0.717, 1.165) is 12.8 Å². The average Bonchev–Trinajstić information content (AvgIpc) is 2.43. The highest BCUT2D eigenvalue weighted by Gasteiger charge is 2.21. The summed E-state index contributed by atoms with van der Waals surface area (Å²) < 4.78 is 0. The molecule has 20 heavy (non-hydrogen) atoms. The molecule has 1 fully saturated rings. The maximum atomic E-state index is 11.3. The molecule has 0 aliphatic heterocycles. The third kappa shape index (κ3) is 3.21. The molecule has 1 aliphatic carbocycles. The van der Waals surface area contributed by atoms with E-state index in [9.17, 15) is 9.90 Å². The molecule has 0 aromatic heterocycles. The molecule has 1 aromatic carbocycles. The second-order valence-corrected chi connectivity index (χ2v) is 5.97. The molecule has 2 rings (SSSR count). The van der Waals surface area contributed by atoms with E-state index in [1.165, 1.54) is 19.3 Å². The van der Waals surface area contributed by atoms with Crippen molar-refractivity contribution < 1.29 is 9.90 Å². The van der Waals surface area contributed by atoms with E-state index in [4.69, 9.17) is 23.2 Å². The molecule has 1 aromatic rings. The summed E-state index contributed by atoms with van der Waals surface area (Å²) in [6, 6.07) is 1.93. The smallest absolute Gasteiger partial charge is 0.337 e. The Morgan fingerprint density at radius 1 is 1.30 bits per heavy atom. The van der Waals surface area contributed by atoms with Crippen molar-refractivity contribution in [3.05, 3.63) is 27.2 Å². The van der Waals surface area contributed by atoms with Crippen LogP contribution in [0.3, 0.4) is 0 Å². The van der Waals surface area contributed by atoms with Gasteiger partial charge in [-0.05, 0) is 30.9 Å². The van der Waals surface area contributed by atoms with Crippen LogP contribution < -0.4 is 5.32 Å². The van der Waals surface area contributed by atoms with Crippen LogP contribution in [0.2, 0.25) is 10.0 Å². The van der Waals surface area contributed by atoms with Gasteiger partial charge < -0.3 is 10.4 Å². The van der Waals surface area contributed by atoms with Gasteiger partial charge in [0.25, 0.3) is 0 Å². The Morgan fingerprint density at radius 3 is 2.50 bits per heavy atom. The standard InChI is InChI=1S/C15H19Cl2NO2/c1-2-10-13(16)11(15(19)20)8-12(14(10)17)18-9-6-4-3-5-7-9/h8-9,18H,2-7H2,1H3,(H,19,20). The van der Waals surface area contributed by atoms with Gasteiger partial charge in [0.2, 0.25) is 0 Å². The second-order valence-electron chi connectivity index (χ2n) is 5.22. The maximum absolute atomic E-state index is 11.3. The van der Waals surface area contributed by atoms with Gasteiger partial charge in [0.15, 0.2) is 0 Å². The first-order chi connectivity index (χ1) is 9.54. The molecule has 5 heteroatoms. The van der Waals surface area contributed by atoms with Crippen molar-refractivity contribution in [2.24, 2.45) is 0 Å². The number of aromatic carboxylic acids is 1. The molecule has 0 bridgehead atoms. The molecular formula is C15H19Cl2NO2. The Kier molecular flexibility index (Phi) is 5.17. The molecule has 0 amide bonds. The zero-order valence-corrected chi connectivity index (χ0v) is 13.0. The Labute approximate surface area is 129 Å². The highest BCUT2D eigenvalue weighted by atomic mass is 35.5. The van der Waals surface area contributed by atoms with Gasteiger partial charge in [0.05, 0.1) is 21.3 Å². The Balaban J connectivity index is 2.36. The zero-order valence-electron chi connectivity index (χ0n) is 11.5. The normalized spacial score (nSPS) is 16.1. The summed E-state index contributed by atoms with van der Waals surface area (Å²) in [6.07, 6.45) is 6.49. The van der Waals surface area contributed by atoms with Gasteiger partial charge in [-0.2, -0.15) is 0 Å². The first-order valence-electron chi connectivity index (χ1n) is 7.05. The summed E-state index contributed by atoms with van der Waals surface area (Å²) in [5, 5.41) is 13.4. The van der Waals surface area contributed by atoms with Crippen LogP contribution in [0.4, 0.5) is 5.69 Å². The van der Waals surface area contributed by atoms with E-state index < -0.39 is 5.97 Å². The number of anilines is 1. The number of halogens is 2. The molecule has 0 spiro atoms. The molecule has 1 saturated carbocycles. The Hall–Kier alpha value is -0.930. The largest absolute Gasteiger partial charge is 0.478 e.